The Balaban J connectivity index is 1.21. The van der Waals surface area contributed by atoms with Gasteiger partial charge in [0.1, 0.15) is 22.7 Å². The summed E-state index contributed by atoms with van der Waals surface area (Å²) in [4.78, 5) is 39.6. The van der Waals surface area contributed by atoms with Crippen molar-refractivity contribution in [3.63, 3.8) is 0 Å². The number of carbonyl (C=O) groups excluding carboxylic acids is 1. The van der Waals surface area contributed by atoms with Crippen molar-refractivity contribution >= 4 is 40.0 Å². The molecule has 0 aliphatic carbocycles. The number of anilines is 2. The molecule has 0 radical (unpaired) electrons. The van der Waals surface area contributed by atoms with Crippen molar-refractivity contribution in [2.24, 2.45) is 0 Å². The Morgan fingerprint density at radius 1 is 0.528 bits per heavy atom. The summed E-state index contributed by atoms with van der Waals surface area (Å²) >= 11 is 0. The SMILES string of the molecule is O=C(Nc1ccc2ncc(-c3ccccc3)nc2n1)Nc1ccc2ncc(-c3ccccc3)nc2n1. The molecule has 2 amide bonds. The maximum absolute atomic E-state index is 12.7. The highest BCUT2D eigenvalue weighted by Gasteiger charge is 2.10. The molecule has 2 aromatic carbocycles. The molecule has 0 unspecified atom stereocenters. The largest absolute Gasteiger partial charge is 0.326 e. The van der Waals surface area contributed by atoms with E-state index in [1.165, 1.54) is 0 Å². The lowest BCUT2D eigenvalue weighted by Gasteiger charge is -2.08. The molecule has 0 aliphatic heterocycles. The predicted octanol–water partition coefficient (Wildman–Crippen LogP) is 5.34. The summed E-state index contributed by atoms with van der Waals surface area (Å²) in [6, 6.07) is 25.8. The van der Waals surface area contributed by atoms with Gasteiger partial charge >= 0.3 is 6.03 Å². The first-order chi connectivity index (χ1) is 17.7. The molecule has 6 aromatic rings. The van der Waals surface area contributed by atoms with E-state index >= 15 is 0 Å². The molecule has 36 heavy (non-hydrogen) atoms. The normalized spacial score (nSPS) is 10.9. The van der Waals surface area contributed by atoms with Gasteiger partial charge in [0.05, 0.1) is 23.8 Å². The summed E-state index contributed by atoms with van der Waals surface area (Å²) in [7, 11) is 0. The first-order valence-electron chi connectivity index (χ1n) is 11.2. The highest BCUT2D eigenvalue weighted by atomic mass is 16.2. The molecule has 4 aromatic heterocycles. The molecule has 4 heterocycles. The number of amides is 2. The highest BCUT2D eigenvalue weighted by Crippen LogP contribution is 2.21. The number of urea groups is 1. The Labute approximate surface area is 205 Å². The average molecular weight is 470 g/mol. The van der Waals surface area contributed by atoms with Crippen LogP contribution in [0.5, 0.6) is 0 Å². The van der Waals surface area contributed by atoms with E-state index in [0.717, 1.165) is 11.1 Å². The highest BCUT2D eigenvalue weighted by molar-refractivity contribution is 5.99. The fourth-order valence-corrected chi connectivity index (χ4v) is 3.69. The lowest BCUT2D eigenvalue weighted by Crippen LogP contribution is -2.20. The zero-order chi connectivity index (χ0) is 24.3. The minimum atomic E-state index is -0.493. The van der Waals surface area contributed by atoms with Crippen LogP contribution in [0.25, 0.3) is 44.8 Å². The zero-order valence-electron chi connectivity index (χ0n) is 18.8. The van der Waals surface area contributed by atoms with Gasteiger partial charge in [-0.05, 0) is 24.3 Å². The van der Waals surface area contributed by atoms with Crippen LogP contribution >= 0.6 is 0 Å². The summed E-state index contributed by atoms with van der Waals surface area (Å²) in [6.45, 7) is 0. The third-order valence-corrected chi connectivity index (χ3v) is 5.44. The van der Waals surface area contributed by atoms with Gasteiger partial charge in [-0.2, -0.15) is 0 Å². The summed E-state index contributed by atoms with van der Waals surface area (Å²) in [5.41, 5.74) is 5.40. The number of nitrogens with one attached hydrogen (secondary N) is 2. The quantitative estimate of drug-likeness (QED) is 0.357. The molecule has 6 rings (SSSR count). The van der Waals surface area contributed by atoms with Crippen LogP contribution in [0.3, 0.4) is 0 Å². The van der Waals surface area contributed by atoms with Gasteiger partial charge < -0.3 is 0 Å². The fraction of sp³-hybridized carbons (Fsp3) is 0. The Morgan fingerprint density at radius 2 is 0.972 bits per heavy atom. The summed E-state index contributed by atoms with van der Waals surface area (Å²) in [6.07, 6.45) is 3.41. The molecule has 0 saturated carbocycles. The van der Waals surface area contributed by atoms with E-state index in [-0.39, 0.29) is 0 Å². The van der Waals surface area contributed by atoms with E-state index in [2.05, 4.69) is 40.5 Å². The standard InChI is InChI=1S/C27H18N8O/c36-27(34-23-13-11-19-25(32-23)30-21(15-28-19)17-7-3-1-4-8-17)35-24-14-12-20-26(33-24)31-22(16-29-20)18-9-5-2-6-10-18/h1-16H,(H2,30,31,32,33,34,35,36). The number of nitrogens with zero attached hydrogens (tertiary/aromatic N) is 6. The molecule has 2 N–H and O–H groups in total. The van der Waals surface area contributed by atoms with Crippen LogP contribution < -0.4 is 10.6 Å². The molecule has 9 nitrogen and oxygen atoms in total. The van der Waals surface area contributed by atoms with Gasteiger partial charge in [0.15, 0.2) is 11.3 Å². The number of hydrogen-bond acceptors (Lipinski definition) is 7. The summed E-state index contributed by atoms with van der Waals surface area (Å²) < 4.78 is 0. The van der Waals surface area contributed by atoms with Crippen LogP contribution in [0.2, 0.25) is 0 Å². The van der Waals surface area contributed by atoms with E-state index in [0.29, 0.717) is 45.4 Å². The van der Waals surface area contributed by atoms with Crippen molar-refractivity contribution in [3.05, 3.63) is 97.3 Å². The zero-order valence-corrected chi connectivity index (χ0v) is 18.8. The predicted molar refractivity (Wildman–Crippen MR) is 138 cm³/mol. The number of carbonyl (C=O) groups is 1. The summed E-state index contributed by atoms with van der Waals surface area (Å²) in [5.74, 6) is 0.679. The van der Waals surface area contributed by atoms with Crippen molar-refractivity contribution in [2.45, 2.75) is 0 Å². The first kappa shape index (κ1) is 21.2. The molecule has 0 aliphatic rings. The molecular weight excluding hydrogens is 452 g/mol. The van der Waals surface area contributed by atoms with E-state index in [1.54, 1.807) is 36.7 Å². The number of pyridine rings is 2. The maximum atomic E-state index is 12.7. The Kier molecular flexibility index (Phi) is 5.40. The van der Waals surface area contributed by atoms with Crippen molar-refractivity contribution in [1.29, 1.82) is 0 Å². The minimum absolute atomic E-state index is 0.339. The molecular formula is C27H18N8O. The number of benzene rings is 2. The minimum Gasteiger partial charge on any atom is -0.292 e. The van der Waals surface area contributed by atoms with Crippen LogP contribution in [-0.2, 0) is 0 Å². The van der Waals surface area contributed by atoms with Gasteiger partial charge in [0.2, 0.25) is 0 Å². The molecule has 0 spiro atoms. The second kappa shape index (κ2) is 9.15. The molecule has 172 valence electrons. The Bertz CT molecular complexity index is 1580. The smallest absolute Gasteiger partial charge is 0.292 e. The van der Waals surface area contributed by atoms with Crippen molar-refractivity contribution in [1.82, 2.24) is 29.9 Å². The van der Waals surface area contributed by atoms with Gasteiger partial charge in [-0.3, -0.25) is 20.6 Å². The number of aromatic nitrogens is 6. The molecule has 9 heteroatoms. The van der Waals surface area contributed by atoms with Crippen LogP contribution in [0.4, 0.5) is 16.4 Å². The third kappa shape index (κ3) is 4.40. The Morgan fingerprint density at radius 3 is 1.42 bits per heavy atom. The van der Waals surface area contributed by atoms with Crippen molar-refractivity contribution in [3.8, 4) is 22.5 Å². The number of fused-ring (bicyclic) bond motifs is 2. The molecule has 0 atom stereocenters. The van der Waals surface area contributed by atoms with E-state index in [1.807, 2.05) is 60.7 Å². The van der Waals surface area contributed by atoms with Gasteiger partial charge in [0.25, 0.3) is 0 Å². The lowest BCUT2D eigenvalue weighted by molar-refractivity contribution is 0.262. The monoisotopic (exact) mass is 470 g/mol. The van der Waals surface area contributed by atoms with Crippen molar-refractivity contribution < 1.29 is 4.79 Å². The van der Waals surface area contributed by atoms with Crippen LogP contribution in [0.15, 0.2) is 97.3 Å². The van der Waals surface area contributed by atoms with Crippen molar-refractivity contribution in [2.75, 3.05) is 10.6 Å². The second-order valence-electron chi connectivity index (χ2n) is 7.90. The third-order valence-electron chi connectivity index (χ3n) is 5.44. The molecule has 0 bridgehead atoms. The van der Waals surface area contributed by atoms with Gasteiger partial charge in [-0.1, -0.05) is 60.7 Å². The summed E-state index contributed by atoms with van der Waals surface area (Å²) in [5, 5.41) is 5.44. The maximum Gasteiger partial charge on any atom is 0.326 e. The van der Waals surface area contributed by atoms with E-state index < -0.39 is 6.03 Å². The second-order valence-corrected chi connectivity index (χ2v) is 7.90. The van der Waals surface area contributed by atoms with Crippen LogP contribution in [-0.4, -0.2) is 35.9 Å². The Hall–Kier alpha value is -5.31. The molecule has 0 saturated heterocycles. The van der Waals surface area contributed by atoms with Crippen LogP contribution in [0.1, 0.15) is 0 Å². The van der Waals surface area contributed by atoms with E-state index in [4.69, 9.17) is 0 Å². The van der Waals surface area contributed by atoms with E-state index in [9.17, 15) is 4.79 Å². The fourth-order valence-electron chi connectivity index (χ4n) is 3.69. The van der Waals surface area contributed by atoms with Gasteiger partial charge in [0, 0.05) is 11.1 Å². The topological polar surface area (TPSA) is 118 Å². The van der Waals surface area contributed by atoms with Crippen LogP contribution in [0, 0.1) is 0 Å². The average Bonchev–Trinajstić information content (AvgIpc) is 2.93. The van der Waals surface area contributed by atoms with Gasteiger partial charge in [-0.25, -0.2) is 24.7 Å². The molecule has 0 fully saturated rings. The number of hydrogen-bond donors (Lipinski definition) is 2. The van der Waals surface area contributed by atoms with Gasteiger partial charge in [-0.15, -0.1) is 0 Å². The number of rotatable bonds is 4. The first-order valence-corrected chi connectivity index (χ1v) is 11.2. The lowest BCUT2D eigenvalue weighted by atomic mass is 10.2.